The molecule has 0 fully saturated rings. The van der Waals surface area contributed by atoms with Crippen molar-refractivity contribution >= 4 is 17.5 Å². The van der Waals surface area contributed by atoms with Gasteiger partial charge in [0.2, 0.25) is 0 Å². The van der Waals surface area contributed by atoms with Crippen molar-refractivity contribution in [1.82, 2.24) is 5.32 Å². The molecule has 1 N–H and O–H groups in total. The zero-order chi connectivity index (χ0) is 20.2. The van der Waals surface area contributed by atoms with E-state index in [0.717, 1.165) is 29.7 Å². The molecule has 3 aromatic carbocycles. The normalized spacial score (nSPS) is 14.0. The minimum absolute atomic E-state index is 0.108. The van der Waals surface area contributed by atoms with E-state index in [1.165, 1.54) is 5.56 Å². The fourth-order valence-electron chi connectivity index (χ4n) is 3.77. The molecule has 4 rings (SSSR count). The summed E-state index contributed by atoms with van der Waals surface area (Å²) < 4.78 is 0. The highest BCUT2D eigenvalue weighted by atomic mass is 16.2. The number of nitrogens with zero attached hydrogens (tertiary/aromatic N) is 1. The number of amides is 2. The Hall–Kier alpha value is -3.40. The number of para-hydroxylation sites is 1. The van der Waals surface area contributed by atoms with E-state index in [4.69, 9.17) is 0 Å². The number of hydrogen-bond acceptors (Lipinski definition) is 2. The van der Waals surface area contributed by atoms with Crippen molar-refractivity contribution in [2.24, 2.45) is 0 Å². The summed E-state index contributed by atoms with van der Waals surface area (Å²) in [5.41, 5.74) is 4.52. The first-order valence-electron chi connectivity index (χ1n) is 9.95. The number of carbonyl (C=O) groups is 2. The van der Waals surface area contributed by atoms with Crippen LogP contribution in [0, 0.1) is 6.92 Å². The molecular weight excluding hydrogens is 360 g/mol. The van der Waals surface area contributed by atoms with Gasteiger partial charge in [-0.25, -0.2) is 0 Å². The molecule has 4 nitrogen and oxygen atoms in total. The second kappa shape index (κ2) is 8.31. The summed E-state index contributed by atoms with van der Waals surface area (Å²) >= 11 is 0. The first-order chi connectivity index (χ1) is 14.1. The summed E-state index contributed by atoms with van der Waals surface area (Å²) in [7, 11) is 0. The van der Waals surface area contributed by atoms with Crippen molar-refractivity contribution in [2.45, 2.75) is 25.8 Å². The van der Waals surface area contributed by atoms with Crippen LogP contribution in [0.3, 0.4) is 0 Å². The van der Waals surface area contributed by atoms with Gasteiger partial charge in [-0.15, -0.1) is 0 Å². The zero-order valence-electron chi connectivity index (χ0n) is 16.5. The maximum atomic E-state index is 13.6. The molecule has 1 heterocycles. The number of fused-ring (bicyclic) bond motifs is 1. The summed E-state index contributed by atoms with van der Waals surface area (Å²) in [4.78, 5) is 28.3. The van der Waals surface area contributed by atoms with Gasteiger partial charge in [0.25, 0.3) is 11.8 Å². The summed E-state index contributed by atoms with van der Waals surface area (Å²) in [6, 6.07) is 24.1. The molecule has 1 atom stereocenters. The van der Waals surface area contributed by atoms with E-state index in [1.54, 1.807) is 12.1 Å². The average molecular weight is 384 g/mol. The van der Waals surface area contributed by atoms with Crippen LogP contribution in [0.15, 0.2) is 78.9 Å². The molecule has 0 saturated heterocycles. The monoisotopic (exact) mass is 384 g/mol. The molecule has 1 aliphatic heterocycles. The second-order valence-corrected chi connectivity index (χ2v) is 7.41. The van der Waals surface area contributed by atoms with E-state index in [-0.39, 0.29) is 11.8 Å². The molecule has 146 valence electrons. The molecule has 29 heavy (non-hydrogen) atoms. The van der Waals surface area contributed by atoms with E-state index in [2.05, 4.69) is 11.4 Å². The molecule has 0 spiro atoms. The number of anilines is 1. The lowest BCUT2D eigenvalue weighted by Gasteiger charge is -2.32. The van der Waals surface area contributed by atoms with Crippen molar-refractivity contribution < 1.29 is 9.59 Å². The van der Waals surface area contributed by atoms with Crippen LogP contribution < -0.4 is 10.2 Å². The molecular formula is C25H24N2O2. The highest BCUT2D eigenvalue weighted by Crippen LogP contribution is 2.29. The van der Waals surface area contributed by atoms with Crippen LogP contribution in [0.25, 0.3) is 0 Å². The molecule has 0 aromatic heterocycles. The van der Waals surface area contributed by atoms with Crippen LogP contribution >= 0.6 is 0 Å². The first-order valence-corrected chi connectivity index (χ1v) is 9.95. The van der Waals surface area contributed by atoms with Gasteiger partial charge >= 0.3 is 0 Å². The number of carbonyl (C=O) groups excluding carboxylic acids is 2. The Morgan fingerprint density at radius 3 is 2.34 bits per heavy atom. The predicted molar refractivity (Wildman–Crippen MR) is 115 cm³/mol. The van der Waals surface area contributed by atoms with E-state index in [0.29, 0.717) is 12.1 Å². The Morgan fingerprint density at radius 1 is 0.897 bits per heavy atom. The van der Waals surface area contributed by atoms with Crippen molar-refractivity contribution in [1.29, 1.82) is 0 Å². The third-order valence-electron chi connectivity index (χ3n) is 5.35. The van der Waals surface area contributed by atoms with Crippen molar-refractivity contribution in [3.8, 4) is 0 Å². The van der Waals surface area contributed by atoms with Crippen LogP contribution in [0.4, 0.5) is 5.69 Å². The number of hydrogen-bond donors (Lipinski definition) is 1. The molecule has 4 heteroatoms. The molecule has 2 amide bonds. The Kier molecular flexibility index (Phi) is 5.43. The molecule has 0 saturated carbocycles. The minimum atomic E-state index is -0.740. The Labute approximate surface area is 171 Å². The maximum Gasteiger partial charge on any atom is 0.254 e. The summed E-state index contributed by atoms with van der Waals surface area (Å²) in [6.45, 7) is 2.63. The van der Waals surface area contributed by atoms with Gasteiger partial charge in [-0.3, -0.25) is 9.59 Å². The highest BCUT2D eigenvalue weighted by molar-refractivity contribution is 6.03. The van der Waals surface area contributed by atoms with Crippen molar-refractivity contribution in [3.63, 3.8) is 0 Å². The van der Waals surface area contributed by atoms with Crippen LogP contribution in [-0.2, 0) is 11.2 Å². The van der Waals surface area contributed by atoms with Gasteiger partial charge in [0.15, 0.2) is 0 Å². The van der Waals surface area contributed by atoms with E-state index >= 15 is 0 Å². The fourth-order valence-corrected chi connectivity index (χ4v) is 3.77. The number of nitrogens with one attached hydrogen (secondary N) is 1. The molecule has 0 unspecified atom stereocenters. The quantitative estimate of drug-likeness (QED) is 0.723. The molecule has 0 bridgehead atoms. The van der Waals surface area contributed by atoms with Crippen LogP contribution in [0.1, 0.15) is 39.5 Å². The second-order valence-electron chi connectivity index (χ2n) is 7.41. The lowest BCUT2D eigenvalue weighted by atomic mass is 9.99. The number of aryl methyl sites for hydroxylation is 2. The van der Waals surface area contributed by atoms with Gasteiger partial charge in [-0.1, -0.05) is 66.2 Å². The van der Waals surface area contributed by atoms with Gasteiger partial charge < -0.3 is 10.2 Å². The fraction of sp³-hybridized carbons (Fsp3) is 0.200. The van der Waals surface area contributed by atoms with Crippen LogP contribution in [0.2, 0.25) is 0 Å². The lowest BCUT2D eigenvalue weighted by Crippen LogP contribution is -2.45. The predicted octanol–water partition coefficient (Wildman–Crippen LogP) is 4.45. The van der Waals surface area contributed by atoms with Gasteiger partial charge in [-0.2, -0.15) is 0 Å². The third-order valence-corrected chi connectivity index (χ3v) is 5.35. The van der Waals surface area contributed by atoms with Gasteiger partial charge in [-0.05, 0) is 49.1 Å². The molecule has 0 aliphatic carbocycles. The molecule has 0 radical (unpaired) electrons. The molecule has 1 aliphatic rings. The van der Waals surface area contributed by atoms with Gasteiger partial charge in [0.05, 0.1) is 0 Å². The smallest absolute Gasteiger partial charge is 0.254 e. The van der Waals surface area contributed by atoms with E-state index in [1.807, 2.05) is 72.5 Å². The van der Waals surface area contributed by atoms with E-state index < -0.39 is 6.04 Å². The third kappa shape index (κ3) is 4.06. The SMILES string of the molecule is Cc1ccc(C(=O)N[C@H](C(=O)N2CCCc3ccccc32)c2ccccc2)cc1. The standard InChI is InChI=1S/C25H24N2O2/c1-18-13-15-21(16-14-18)24(28)26-23(20-9-3-2-4-10-20)25(29)27-17-7-11-19-8-5-6-12-22(19)27/h2-6,8-10,12-16,23H,7,11,17H2,1H3,(H,26,28)/t23-/m0/s1. The topological polar surface area (TPSA) is 49.4 Å². The summed E-state index contributed by atoms with van der Waals surface area (Å²) in [6.07, 6.45) is 1.88. The Morgan fingerprint density at radius 2 is 1.59 bits per heavy atom. The summed E-state index contributed by atoms with van der Waals surface area (Å²) in [5.74, 6) is -0.360. The number of rotatable bonds is 4. The zero-order valence-corrected chi connectivity index (χ0v) is 16.5. The Bertz CT molecular complexity index is 1010. The van der Waals surface area contributed by atoms with Crippen molar-refractivity contribution in [2.75, 3.05) is 11.4 Å². The van der Waals surface area contributed by atoms with Crippen molar-refractivity contribution in [3.05, 3.63) is 101 Å². The first kappa shape index (κ1) is 18.9. The van der Waals surface area contributed by atoms with Crippen LogP contribution in [-0.4, -0.2) is 18.4 Å². The Balaban J connectivity index is 1.65. The largest absolute Gasteiger partial charge is 0.336 e. The average Bonchev–Trinajstić information content (AvgIpc) is 2.77. The van der Waals surface area contributed by atoms with E-state index in [9.17, 15) is 9.59 Å². The minimum Gasteiger partial charge on any atom is -0.336 e. The summed E-state index contributed by atoms with van der Waals surface area (Å²) in [5, 5.41) is 2.97. The van der Waals surface area contributed by atoms with Gasteiger partial charge in [0.1, 0.15) is 6.04 Å². The van der Waals surface area contributed by atoms with Crippen LogP contribution in [0.5, 0.6) is 0 Å². The highest BCUT2D eigenvalue weighted by Gasteiger charge is 2.31. The maximum absolute atomic E-state index is 13.6. The number of benzene rings is 3. The molecule has 3 aromatic rings. The lowest BCUT2D eigenvalue weighted by molar-refractivity contribution is -0.120. The van der Waals surface area contributed by atoms with Gasteiger partial charge in [0, 0.05) is 17.8 Å².